The molecule has 1 aliphatic rings. The van der Waals surface area contributed by atoms with Gasteiger partial charge in [0.05, 0.1) is 12.2 Å². The molecule has 1 N–H and O–H groups in total. The molecule has 0 fully saturated rings. The molecule has 0 unspecified atom stereocenters. The molecule has 3 nitrogen and oxygen atoms in total. The van der Waals surface area contributed by atoms with Crippen molar-refractivity contribution in [3.8, 4) is 0 Å². The van der Waals surface area contributed by atoms with Gasteiger partial charge in [0.25, 0.3) is 0 Å². The second-order valence-electron chi connectivity index (χ2n) is 5.64. The number of fused-ring (bicyclic) bond motifs is 1. The number of benzene rings is 1. The van der Waals surface area contributed by atoms with Crippen LogP contribution in [0.3, 0.4) is 0 Å². The average Bonchev–Trinajstić information content (AvgIpc) is 3.08. The summed E-state index contributed by atoms with van der Waals surface area (Å²) in [6.07, 6.45) is 7.05. The fraction of sp³-hybridized carbons (Fsp3) is 0.471. The first-order valence-electron chi connectivity index (χ1n) is 7.69. The third-order valence-corrected chi connectivity index (χ3v) is 3.94. The van der Waals surface area contributed by atoms with Gasteiger partial charge in [0.1, 0.15) is 0 Å². The van der Waals surface area contributed by atoms with Gasteiger partial charge in [-0.15, -0.1) is 0 Å². The number of hydrogen-bond acceptors (Lipinski definition) is 2. The number of nitrogens with zero attached hydrogens (tertiary/aromatic N) is 2. The molecule has 2 aromatic rings. The Labute approximate surface area is 121 Å². The average molecular weight is 269 g/mol. The Morgan fingerprint density at radius 1 is 1.20 bits per heavy atom. The molecule has 3 heteroatoms. The lowest BCUT2D eigenvalue weighted by atomic mass is 10.1. The fourth-order valence-electron chi connectivity index (χ4n) is 2.89. The highest BCUT2D eigenvalue weighted by atomic mass is 15.3. The summed E-state index contributed by atoms with van der Waals surface area (Å²) in [5, 5.41) is 8.01. The maximum Gasteiger partial charge on any atom is 0.0762 e. The Bertz CT molecular complexity index is 571. The zero-order valence-corrected chi connectivity index (χ0v) is 12.2. The molecule has 0 saturated heterocycles. The van der Waals surface area contributed by atoms with Crippen LogP contribution in [0.4, 0.5) is 0 Å². The first-order chi connectivity index (χ1) is 9.85. The van der Waals surface area contributed by atoms with E-state index in [-0.39, 0.29) is 0 Å². The van der Waals surface area contributed by atoms with Gasteiger partial charge in [-0.2, -0.15) is 5.10 Å². The van der Waals surface area contributed by atoms with E-state index in [1.807, 2.05) is 4.68 Å². The van der Waals surface area contributed by atoms with E-state index < -0.39 is 0 Å². The minimum absolute atomic E-state index is 0.866. The summed E-state index contributed by atoms with van der Waals surface area (Å²) < 4.78 is 2.04. The summed E-state index contributed by atoms with van der Waals surface area (Å²) in [5.41, 5.74) is 5.57. The van der Waals surface area contributed by atoms with Gasteiger partial charge >= 0.3 is 0 Å². The van der Waals surface area contributed by atoms with Crippen molar-refractivity contribution in [2.24, 2.45) is 0 Å². The maximum absolute atomic E-state index is 4.63. The summed E-state index contributed by atoms with van der Waals surface area (Å²) in [7, 11) is 0. The van der Waals surface area contributed by atoms with Gasteiger partial charge in [-0.3, -0.25) is 4.68 Å². The number of hydrogen-bond donors (Lipinski definition) is 1. The minimum Gasteiger partial charge on any atom is -0.311 e. The van der Waals surface area contributed by atoms with Crippen LogP contribution in [0.2, 0.25) is 0 Å². The van der Waals surface area contributed by atoms with E-state index in [9.17, 15) is 0 Å². The zero-order chi connectivity index (χ0) is 13.8. The van der Waals surface area contributed by atoms with Crippen LogP contribution in [0.5, 0.6) is 0 Å². The highest BCUT2D eigenvalue weighted by Crippen LogP contribution is 2.23. The molecule has 106 valence electrons. The Balaban J connectivity index is 1.63. The van der Waals surface area contributed by atoms with E-state index in [4.69, 9.17) is 0 Å². The molecule has 1 aromatic heterocycles. The van der Waals surface area contributed by atoms with Crippen molar-refractivity contribution in [1.29, 1.82) is 0 Å². The van der Waals surface area contributed by atoms with Gasteiger partial charge in [-0.1, -0.05) is 25.1 Å². The van der Waals surface area contributed by atoms with Crippen LogP contribution in [0.25, 0.3) is 0 Å². The lowest BCUT2D eigenvalue weighted by Crippen LogP contribution is -2.14. The van der Waals surface area contributed by atoms with E-state index >= 15 is 0 Å². The first kappa shape index (κ1) is 13.4. The van der Waals surface area contributed by atoms with E-state index in [2.05, 4.69) is 47.8 Å². The van der Waals surface area contributed by atoms with Crippen molar-refractivity contribution in [3.63, 3.8) is 0 Å². The minimum atomic E-state index is 0.866. The normalized spacial score (nSPS) is 13.7. The van der Waals surface area contributed by atoms with Crippen LogP contribution in [0.1, 0.15) is 42.1 Å². The summed E-state index contributed by atoms with van der Waals surface area (Å²) in [5.74, 6) is 0. The second kappa shape index (κ2) is 6.23. The van der Waals surface area contributed by atoms with Gasteiger partial charge in [0.2, 0.25) is 0 Å². The molecule has 1 heterocycles. The van der Waals surface area contributed by atoms with Crippen molar-refractivity contribution < 1.29 is 0 Å². The maximum atomic E-state index is 4.63. The van der Waals surface area contributed by atoms with Crippen LogP contribution < -0.4 is 5.32 Å². The van der Waals surface area contributed by atoms with E-state index in [1.165, 1.54) is 24.8 Å². The van der Waals surface area contributed by atoms with Crippen LogP contribution in [0.15, 0.2) is 30.5 Å². The Morgan fingerprint density at radius 3 is 3.00 bits per heavy atom. The number of rotatable bonds is 6. The van der Waals surface area contributed by atoms with Crippen LogP contribution in [0, 0.1) is 0 Å². The fourth-order valence-corrected chi connectivity index (χ4v) is 2.89. The molecule has 0 aliphatic heterocycles. The summed E-state index contributed by atoms with van der Waals surface area (Å²) in [6, 6.07) is 9.01. The van der Waals surface area contributed by atoms with Crippen molar-refractivity contribution in [1.82, 2.24) is 15.1 Å². The number of nitrogens with one attached hydrogen (secondary N) is 1. The van der Waals surface area contributed by atoms with E-state index in [0.717, 1.165) is 31.7 Å². The highest BCUT2D eigenvalue weighted by molar-refractivity contribution is 5.35. The molecule has 0 amide bonds. The van der Waals surface area contributed by atoms with Gasteiger partial charge in [-0.05, 0) is 55.0 Å². The topological polar surface area (TPSA) is 29.9 Å². The third kappa shape index (κ3) is 3.10. The quantitative estimate of drug-likeness (QED) is 0.817. The van der Waals surface area contributed by atoms with Crippen molar-refractivity contribution in [2.75, 3.05) is 6.54 Å². The molecule has 0 radical (unpaired) electrons. The molecular formula is C17H23N3. The molecular weight excluding hydrogens is 246 g/mol. The second-order valence-corrected chi connectivity index (χ2v) is 5.64. The predicted octanol–water partition coefficient (Wildman–Crippen LogP) is 2.92. The predicted molar refractivity (Wildman–Crippen MR) is 81.8 cm³/mol. The standard InChI is InChI=1S/C17H23N3/c1-2-9-18-12-17-8-10-20(19-17)13-14-6-7-15-4-3-5-16(15)11-14/h6-8,10-11,18H,2-5,9,12-13H2,1H3. The molecule has 1 aromatic carbocycles. The van der Waals surface area contributed by atoms with Gasteiger partial charge < -0.3 is 5.32 Å². The van der Waals surface area contributed by atoms with Gasteiger partial charge in [-0.25, -0.2) is 0 Å². The Morgan fingerprint density at radius 2 is 2.10 bits per heavy atom. The van der Waals surface area contributed by atoms with E-state index in [1.54, 1.807) is 11.1 Å². The smallest absolute Gasteiger partial charge is 0.0762 e. The lowest BCUT2D eigenvalue weighted by molar-refractivity contribution is 0.628. The number of aromatic nitrogens is 2. The summed E-state index contributed by atoms with van der Waals surface area (Å²) >= 11 is 0. The third-order valence-electron chi connectivity index (χ3n) is 3.94. The van der Waals surface area contributed by atoms with Gasteiger partial charge in [0.15, 0.2) is 0 Å². The molecule has 3 rings (SSSR count). The van der Waals surface area contributed by atoms with Crippen LogP contribution >= 0.6 is 0 Å². The van der Waals surface area contributed by atoms with Crippen molar-refractivity contribution >= 4 is 0 Å². The lowest BCUT2D eigenvalue weighted by Gasteiger charge is -2.05. The van der Waals surface area contributed by atoms with E-state index in [0.29, 0.717) is 0 Å². The Kier molecular flexibility index (Phi) is 4.16. The molecule has 20 heavy (non-hydrogen) atoms. The summed E-state index contributed by atoms with van der Waals surface area (Å²) in [4.78, 5) is 0. The van der Waals surface area contributed by atoms with Gasteiger partial charge in [0, 0.05) is 12.7 Å². The largest absolute Gasteiger partial charge is 0.311 e. The Hall–Kier alpha value is -1.61. The molecule has 0 bridgehead atoms. The molecule has 0 saturated carbocycles. The van der Waals surface area contributed by atoms with Crippen molar-refractivity contribution in [2.45, 2.75) is 45.7 Å². The number of aryl methyl sites for hydroxylation is 2. The first-order valence-corrected chi connectivity index (χ1v) is 7.69. The molecule has 1 aliphatic carbocycles. The highest BCUT2D eigenvalue weighted by Gasteiger charge is 2.11. The SMILES string of the molecule is CCCNCc1ccn(Cc2ccc3c(c2)CCC3)n1. The van der Waals surface area contributed by atoms with Crippen molar-refractivity contribution in [3.05, 3.63) is 52.8 Å². The summed E-state index contributed by atoms with van der Waals surface area (Å²) in [6.45, 7) is 4.98. The van der Waals surface area contributed by atoms with Crippen LogP contribution in [-0.2, 0) is 25.9 Å². The monoisotopic (exact) mass is 269 g/mol. The molecule has 0 atom stereocenters. The van der Waals surface area contributed by atoms with Crippen LogP contribution in [-0.4, -0.2) is 16.3 Å². The zero-order valence-electron chi connectivity index (χ0n) is 12.2. The molecule has 0 spiro atoms.